The number of nitrogens with one attached hydrogen (secondary N) is 1. The fourth-order valence-corrected chi connectivity index (χ4v) is 1.92. The van der Waals surface area contributed by atoms with E-state index < -0.39 is 10.8 Å². The molecule has 0 saturated carbocycles. The minimum Gasteiger partial charge on any atom is -0.339 e. The van der Waals surface area contributed by atoms with E-state index in [0.717, 1.165) is 5.69 Å². The van der Waals surface area contributed by atoms with Crippen molar-refractivity contribution in [1.29, 1.82) is 5.26 Å². The maximum absolute atomic E-state index is 11.9. The molecule has 116 valence electrons. The molecule has 2 aromatic rings. The lowest BCUT2D eigenvalue weighted by Crippen LogP contribution is -2.17. The van der Waals surface area contributed by atoms with Crippen molar-refractivity contribution >= 4 is 17.8 Å². The molecule has 1 aromatic heterocycles. The molecule has 0 spiro atoms. The van der Waals surface area contributed by atoms with Crippen LogP contribution in [0.3, 0.4) is 0 Å². The molecule has 0 radical (unpaired) electrons. The SMILES string of the molecule is Cc1c(/C=N\NC(=O)c2ccc([N+](=O)[O-])cc2)cc(C#N)n1C. The van der Waals surface area contributed by atoms with E-state index in [2.05, 4.69) is 16.6 Å². The molecule has 0 bridgehead atoms. The third kappa shape index (κ3) is 3.41. The maximum atomic E-state index is 11.9. The van der Waals surface area contributed by atoms with E-state index in [1.165, 1.54) is 30.5 Å². The number of amides is 1. The Balaban J connectivity index is 2.07. The number of hydrogen-bond acceptors (Lipinski definition) is 5. The third-order valence-electron chi connectivity index (χ3n) is 3.40. The Morgan fingerprint density at radius 2 is 2.09 bits per heavy atom. The summed E-state index contributed by atoms with van der Waals surface area (Å²) < 4.78 is 1.72. The Labute approximate surface area is 131 Å². The van der Waals surface area contributed by atoms with Crippen LogP contribution in [-0.4, -0.2) is 21.6 Å². The summed E-state index contributed by atoms with van der Waals surface area (Å²) in [4.78, 5) is 21.9. The van der Waals surface area contributed by atoms with Crippen LogP contribution in [0.25, 0.3) is 0 Å². The van der Waals surface area contributed by atoms with Crippen molar-refractivity contribution in [3.63, 3.8) is 0 Å². The number of nitriles is 1. The fraction of sp³-hybridized carbons (Fsp3) is 0.133. The van der Waals surface area contributed by atoms with Crippen molar-refractivity contribution in [2.24, 2.45) is 12.1 Å². The summed E-state index contributed by atoms with van der Waals surface area (Å²) in [7, 11) is 1.76. The Morgan fingerprint density at radius 3 is 2.61 bits per heavy atom. The monoisotopic (exact) mass is 311 g/mol. The molecular formula is C15H13N5O3. The van der Waals surface area contributed by atoms with Gasteiger partial charge in [-0.15, -0.1) is 0 Å². The molecule has 2 rings (SSSR count). The first-order chi connectivity index (χ1) is 10.9. The van der Waals surface area contributed by atoms with Gasteiger partial charge in [0.2, 0.25) is 0 Å². The van der Waals surface area contributed by atoms with Crippen molar-refractivity contribution in [3.8, 4) is 6.07 Å². The zero-order valence-corrected chi connectivity index (χ0v) is 12.5. The zero-order valence-electron chi connectivity index (χ0n) is 12.5. The van der Waals surface area contributed by atoms with E-state index in [4.69, 9.17) is 5.26 Å². The van der Waals surface area contributed by atoms with Gasteiger partial charge in [0.25, 0.3) is 11.6 Å². The Bertz CT molecular complexity index is 828. The normalized spacial score (nSPS) is 10.5. The molecule has 1 N–H and O–H groups in total. The quantitative estimate of drug-likeness (QED) is 0.527. The summed E-state index contributed by atoms with van der Waals surface area (Å²) in [5.41, 5.74) is 4.56. The van der Waals surface area contributed by atoms with Crippen LogP contribution >= 0.6 is 0 Å². The topological polar surface area (TPSA) is 113 Å². The second-order valence-electron chi connectivity index (χ2n) is 4.74. The molecule has 0 aliphatic rings. The lowest BCUT2D eigenvalue weighted by molar-refractivity contribution is -0.384. The average molecular weight is 311 g/mol. The van der Waals surface area contributed by atoms with Crippen LogP contribution in [0.2, 0.25) is 0 Å². The van der Waals surface area contributed by atoms with Crippen LogP contribution in [-0.2, 0) is 7.05 Å². The van der Waals surface area contributed by atoms with Crippen LogP contribution in [0.15, 0.2) is 35.4 Å². The molecule has 1 aromatic carbocycles. The van der Waals surface area contributed by atoms with Crippen molar-refractivity contribution in [3.05, 3.63) is 63.0 Å². The van der Waals surface area contributed by atoms with Crippen LogP contribution in [0.1, 0.15) is 27.3 Å². The highest BCUT2D eigenvalue weighted by atomic mass is 16.6. The van der Waals surface area contributed by atoms with Gasteiger partial charge in [-0.1, -0.05) is 0 Å². The number of nitro groups is 1. The predicted octanol–water partition coefficient (Wildman–Crippen LogP) is 1.88. The van der Waals surface area contributed by atoms with E-state index in [1.807, 2.05) is 6.92 Å². The first-order valence-electron chi connectivity index (χ1n) is 6.58. The highest BCUT2D eigenvalue weighted by molar-refractivity contribution is 5.95. The molecule has 0 aliphatic carbocycles. The van der Waals surface area contributed by atoms with Gasteiger partial charge in [0, 0.05) is 36.0 Å². The van der Waals surface area contributed by atoms with E-state index in [-0.39, 0.29) is 11.3 Å². The van der Waals surface area contributed by atoms with E-state index in [1.54, 1.807) is 17.7 Å². The van der Waals surface area contributed by atoms with Crippen LogP contribution < -0.4 is 5.43 Å². The number of nitrogens with zero attached hydrogens (tertiary/aromatic N) is 4. The van der Waals surface area contributed by atoms with Crippen LogP contribution in [0.5, 0.6) is 0 Å². The highest BCUT2D eigenvalue weighted by Gasteiger charge is 2.09. The van der Waals surface area contributed by atoms with Gasteiger partial charge in [-0.25, -0.2) is 5.43 Å². The maximum Gasteiger partial charge on any atom is 0.271 e. The third-order valence-corrected chi connectivity index (χ3v) is 3.40. The number of benzene rings is 1. The lowest BCUT2D eigenvalue weighted by atomic mass is 10.2. The molecule has 0 aliphatic heterocycles. The number of hydrazone groups is 1. The zero-order chi connectivity index (χ0) is 17.0. The first-order valence-corrected chi connectivity index (χ1v) is 6.58. The number of rotatable bonds is 4. The smallest absolute Gasteiger partial charge is 0.271 e. The van der Waals surface area contributed by atoms with Gasteiger partial charge in [-0.3, -0.25) is 14.9 Å². The van der Waals surface area contributed by atoms with Gasteiger partial charge >= 0.3 is 0 Å². The minimum absolute atomic E-state index is 0.0889. The standard InChI is InChI=1S/C15H13N5O3/c1-10-12(7-14(8-16)19(10)2)9-17-18-15(21)11-3-5-13(6-4-11)20(22)23/h3-7,9H,1-2H3,(H,18,21)/b17-9-. The summed E-state index contributed by atoms with van der Waals surface area (Å²) in [6, 6.07) is 8.92. The number of nitro benzene ring substituents is 1. The molecule has 8 heteroatoms. The largest absolute Gasteiger partial charge is 0.339 e. The van der Waals surface area contributed by atoms with Crippen LogP contribution in [0.4, 0.5) is 5.69 Å². The van der Waals surface area contributed by atoms with Gasteiger partial charge < -0.3 is 4.57 Å². The second-order valence-corrected chi connectivity index (χ2v) is 4.74. The number of carbonyl (C=O) groups excluding carboxylic acids is 1. The highest BCUT2D eigenvalue weighted by Crippen LogP contribution is 2.12. The summed E-state index contributed by atoms with van der Waals surface area (Å²) in [6.07, 6.45) is 1.44. The van der Waals surface area contributed by atoms with Gasteiger partial charge in [0.1, 0.15) is 11.8 Å². The first kappa shape index (κ1) is 15.9. The minimum atomic E-state index is -0.537. The van der Waals surface area contributed by atoms with Gasteiger partial charge in [0.05, 0.1) is 11.1 Å². The average Bonchev–Trinajstić information content (AvgIpc) is 2.82. The molecule has 8 nitrogen and oxygen atoms in total. The molecule has 0 unspecified atom stereocenters. The number of aromatic nitrogens is 1. The van der Waals surface area contributed by atoms with Crippen LogP contribution in [0, 0.1) is 28.4 Å². The predicted molar refractivity (Wildman–Crippen MR) is 83.0 cm³/mol. The molecule has 1 heterocycles. The van der Waals surface area contributed by atoms with Gasteiger partial charge in [-0.2, -0.15) is 10.4 Å². The summed E-state index contributed by atoms with van der Waals surface area (Å²) in [5, 5.41) is 23.3. The van der Waals surface area contributed by atoms with Crippen molar-refractivity contribution in [2.75, 3.05) is 0 Å². The second kappa shape index (κ2) is 6.53. The molecule has 1 amide bonds. The number of non-ortho nitro benzene ring substituents is 1. The van der Waals surface area contributed by atoms with Crippen molar-refractivity contribution in [2.45, 2.75) is 6.92 Å². The Kier molecular flexibility index (Phi) is 4.52. The van der Waals surface area contributed by atoms with Crippen molar-refractivity contribution in [1.82, 2.24) is 9.99 Å². The number of hydrogen-bond donors (Lipinski definition) is 1. The summed E-state index contributed by atoms with van der Waals surface area (Å²) in [5.74, 6) is -0.481. The Morgan fingerprint density at radius 1 is 1.43 bits per heavy atom. The summed E-state index contributed by atoms with van der Waals surface area (Å²) >= 11 is 0. The van der Waals surface area contributed by atoms with Gasteiger partial charge in [0.15, 0.2) is 0 Å². The van der Waals surface area contributed by atoms with Gasteiger partial charge in [-0.05, 0) is 25.1 Å². The van der Waals surface area contributed by atoms with E-state index in [0.29, 0.717) is 11.3 Å². The molecule has 0 fully saturated rings. The fourth-order valence-electron chi connectivity index (χ4n) is 1.92. The Hall–Kier alpha value is -3.47. The molecule has 0 atom stereocenters. The summed E-state index contributed by atoms with van der Waals surface area (Å²) in [6.45, 7) is 1.83. The molecular weight excluding hydrogens is 298 g/mol. The van der Waals surface area contributed by atoms with E-state index in [9.17, 15) is 14.9 Å². The molecule has 0 saturated heterocycles. The molecule has 23 heavy (non-hydrogen) atoms. The van der Waals surface area contributed by atoms with Crippen molar-refractivity contribution < 1.29 is 9.72 Å². The lowest BCUT2D eigenvalue weighted by Gasteiger charge is -2.00. The van der Waals surface area contributed by atoms with E-state index >= 15 is 0 Å². The number of carbonyl (C=O) groups is 1.